The Kier molecular flexibility index (Phi) is 8.15. The normalized spacial score (nSPS) is 10.9. The highest BCUT2D eigenvalue weighted by Gasteiger charge is 2.15. The van der Waals surface area contributed by atoms with E-state index in [0.717, 1.165) is 9.13 Å². The molecule has 0 radical (unpaired) electrons. The molecular weight excluding hydrogens is 491 g/mol. The zero-order valence-corrected chi connectivity index (χ0v) is 18.7. The van der Waals surface area contributed by atoms with E-state index < -0.39 is 5.91 Å². The van der Waals surface area contributed by atoms with E-state index in [1.165, 1.54) is 6.08 Å². The summed E-state index contributed by atoms with van der Waals surface area (Å²) in [5.41, 5.74) is 1.95. The SMILES string of the molecule is CCOc1cc(/C=C(\C#N)C(=O)Nc2cccc(Cl)c2C)cc(I)c1OCC. The Morgan fingerprint density at radius 2 is 2.00 bits per heavy atom. The highest BCUT2D eigenvalue weighted by Crippen LogP contribution is 2.35. The highest BCUT2D eigenvalue weighted by atomic mass is 127. The molecule has 0 atom stereocenters. The molecule has 0 saturated carbocycles. The summed E-state index contributed by atoms with van der Waals surface area (Å²) in [7, 11) is 0. The van der Waals surface area contributed by atoms with Crippen LogP contribution in [-0.2, 0) is 4.79 Å². The number of halogens is 2. The van der Waals surface area contributed by atoms with Crippen molar-refractivity contribution in [1.29, 1.82) is 5.26 Å². The summed E-state index contributed by atoms with van der Waals surface area (Å²) in [6.07, 6.45) is 1.52. The number of amides is 1. The number of carbonyl (C=O) groups is 1. The number of hydrogen-bond acceptors (Lipinski definition) is 4. The van der Waals surface area contributed by atoms with Crippen molar-refractivity contribution in [2.45, 2.75) is 20.8 Å². The van der Waals surface area contributed by atoms with Crippen LogP contribution in [-0.4, -0.2) is 19.1 Å². The van der Waals surface area contributed by atoms with Gasteiger partial charge in [-0.3, -0.25) is 4.79 Å². The van der Waals surface area contributed by atoms with Crippen LogP contribution in [0, 0.1) is 21.8 Å². The molecule has 1 N–H and O–H groups in total. The molecule has 5 nitrogen and oxygen atoms in total. The number of nitriles is 1. The van der Waals surface area contributed by atoms with E-state index in [0.29, 0.717) is 41.0 Å². The molecule has 2 rings (SSSR count). The Hall–Kier alpha value is -2.24. The molecule has 0 aliphatic carbocycles. The lowest BCUT2D eigenvalue weighted by Crippen LogP contribution is -2.14. The Bertz CT molecular complexity index is 951. The molecule has 7 heteroatoms. The highest BCUT2D eigenvalue weighted by molar-refractivity contribution is 14.1. The van der Waals surface area contributed by atoms with Crippen molar-refractivity contribution in [2.24, 2.45) is 0 Å². The molecule has 0 heterocycles. The third-order valence-electron chi connectivity index (χ3n) is 3.81. The summed E-state index contributed by atoms with van der Waals surface area (Å²) in [5, 5.41) is 12.8. The fraction of sp³-hybridized carbons (Fsp3) is 0.238. The van der Waals surface area contributed by atoms with Gasteiger partial charge in [-0.1, -0.05) is 17.7 Å². The van der Waals surface area contributed by atoms with Crippen LogP contribution in [0.25, 0.3) is 6.08 Å². The maximum Gasteiger partial charge on any atom is 0.266 e. The molecule has 0 spiro atoms. The number of rotatable bonds is 7. The van der Waals surface area contributed by atoms with E-state index in [4.69, 9.17) is 21.1 Å². The number of nitrogens with zero attached hydrogens (tertiary/aromatic N) is 1. The van der Waals surface area contributed by atoms with Gasteiger partial charge in [-0.25, -0.2) is 0 Å². The minimum atomic E-state index is -0.505. The zero-order valence-electron chi connectivity index (χ0n) is 15.8. The van der Waals surface area contributed by atoms with E-state index in [2.05, 4.69) is 27.9 Å². The molecular formula is C21H20ClIN2O3. The first kappa shape index (κ1) is 22.1. The molecule has 0 aliphatic rings. The predicted molar refractivity (Wildman–Crippen MR) is 120 cm³/mol. The van der Waals surface area contributed by atoms with Crippen molar-refractivity contribution in [1.82, 2.24) is 0 Å². The molecule has 0 bridgehead atoms. The lowest BCUT2D eigenvalue weighted by Gasteiger charge is -2.14. The molecule has 28 heavy (non-hydrogen) atoms. The van der Waals surface area contributed by atoms with Gasteiger partial charge in [0.2, 0.25) is 0 Å². The van der Waals surface area contributed by atoms with Gasteiger partial charge in [0.25, 0.3) is 5.91 Å². The first-order valence-corrected chi connectivity index (χ1v) is 10.1. The molecule has 0 aliphatic heterocycles. The molecule has 0 aromatic heterocycles. The minimum absolute atomic E-state index is 0.0261. The Balaban J connectivity index is 2.36. The summed E-state index contributed by atoms with van der Waals surface area (Å²) < 4.78 is 12.1. The second kappa shape index (κ2) is 10.3. The van der Waals surface area contributed by atoms with Crippen LogP contribution in [0.5, 0.6) is 11.5 Å². The lowest BCUT2D eigenvalue weighted by molar-refractivity contribution is -0.112. The van der Waals surface area contributed by atoms with Gasteiger partial charge in [-0.2, -0.15) is 5.26 Å². The third-order valence-corrected chi connectivity index (χ3v) is 5.02. The monoisotopic (exact) mass is 510 g/mol. The third kappa shape index (κ3) is 5.40. The number of anilines is 1. The van der Waals surface area contributed by atoms with E-state index in [9.17, 15) is 10.1 Å². The van der Waals surface area contributed by atoms with Crippen LogP contribution in [0.1, 0.15) is 25.0 Å². The molecule has 2 aromatic rings. The maximum atomic E-state index is 12.6. The van der Waals surface area contributed by atoms with Crippen LogP contribution >= 0.6 is 34.2 Å². The quantitative estimate of drug-likeness (QED) is 0.299. The molecule has 0 saturated heterocycles. The number of carbonyl (C=O) groups excluding carboxylic acids is 1. The first-order chi connectivity index (χ1) is 13.4. The van der Waals surface area contributed by atoms with E-state index in [1.807, 2.05) is 26.0 Å². The van der Waals surface area contributed by atoms with Crippen molar-refractivity contribution < 1.29 is 14.3 Å². The molecule has 0 fully saturated rings. The van der Waals surface area contributed by atoms with Crippen LogP contribution in [0.3, 0.4) is 0 Å². The summed E-state index contributed by atoms with van der Waals surface area (Å²) in [6.45, 7) is 6.57. The van der Waals surface area contributed by atoms with E-state index >= 15 is 0 Å². The lowest BCUT2D eigenvalue weighted by atomic mass is 10.1. The van der Waals surface area contributed by atoms with Gasteiger partial charge >= 0.3 is 0 Å². The number of hydrogen-bond donors (Lipinski definition) is 1. The van der Waals surface area contributed by atoms with Crippen LogP contribution < -0.4 is 14.8 Å². The van der Waals surface area contributed by atoms with Crippen molar-refractivity contribution in [2.75, 3.05) is 18.5 Å². The smallest absolute Gasteiger partial charge is 0.266 e. The van der Waals surface area contributed by atoms with Crippen LogP contribution in [0.4, 0.5) is 5.69 Å². The van der Waals surface area contributed by atoms with Crippen LogP contribution in [0.2, 0.25) is 5.02 Å². The van der Waals surface area contributed by atoms with Gasteiger partial charge in [-0.05, 0) is 84.8 Å². The fourth-order valence-corrected chi connectivity index (χ4v) is 3.42. The number of benzene rings is 2. The molecule has 146 valence electrons. The van der Waals surface area contributed by atoms with Crippen molar-refractivity contribution in [3.05, 3.63) is 55.6 Å². The average Bonchev–Trinajstić information content (AvgIpc) is 2.66. The Morgan fingerprint density at radius 1 is 1.29 bits per heavy atom. The number of ether oxygens (including phenoxy) is 2. The number of nitrogens with one attached hydrogen (secondary N) is 1. The van der Waals surface area contributed by atoms with E-state index in [-0.39, 0.29) is 5.57 Å². The van der Waals surface area contributed by atoms with Crippen molar-refractivity contribution in [3.8, 4) is 17.6 Å². The average molecular weight is 511 g/mol. The summed E-state index contributed by atoms with van der Waals surface area (Å²) >= 11 is 8.23. The van der Waals surface area contributed by atoms with Gasteiger partial charge in [0.1, 0.15) is 11.6 Å². The molecule has 1 amide bonds. The van der Waals surface area contributed by atoms with Gasteiger partial charge in [0, 0.05) is 10.7 Å². The second-order valence-electron chi connectivity index (χ2n) is 5.73. The Labute approximate surface area is 183 Å². The van der Waals surface area contributed by atoms with Crippen molar-refractivity contribution in [3.63, 3.8) is 0 Å². The summed E-state index contributed by atoms with van der Waals surface area (Å²) in [5.74, 6) is 0.722. The Morgan fingerprint density at radius 3 is 2.64 bits per heavy atom. The second-order valence-corrected chi connectivity index (χ2v) is 7.30. The largest absolute Gasteiger partial charge is 0.490 e. The summed E-state index contributed by atoms with van der Waals surface area (Å²) in [6, 6.07) is 10.8. The fourth-order valence-electron chi connectivity index (χ4n) is 2.47. The predicted octanol–water partition coefficient (Wildman–Crippen LogP) is 5.60. The van der Waals surface area contributed by atoms with Gasteiger partial charge in [0.05, 0.1) is 16.8 Å². The van der Waals surface area contributed by atoms with Gasteiger partial charge in [0.15, 0.2) is 11.5 Å². The molecule has 2 aromatic carbocycles. The molecule has 0 unspecified atom stereocenters. The van der Waals surface area contributed by atoms with Gasteiger partial charge in [-0.15, -0.1) is 0 Å². The minimum Gasteiger partial charge on any atom is -0.490 e. The summed E-state index contributed by atoms with van der Waals surface area (Å²) in [4.78, 5) is 12.6. The van der Waals surface area contributed by atoms with E-state index in [1.54, 1.807) is 31.2 Å². The van der Waals surface area contributed by atoms with Crippen LogP contribution in [0.15, 0.2) is 35.9 Å². The zero-order chi connectivity index (χ0) is 20.7. The standard InChI is InChI=1S/C21H20ClIN2O3/c1-4-27-19-11-14(10-17(23)20(19)28-5-2)9-15(12-24)21(26)25-18-8-6-7-16(22)13(18)3/h6-11H,4-5H2,1-3H3,(H,25,26)/b15-9+. The topological polar surface area (TPSA) is 71.3 Å². The maximum absolute atomic E-state index is 12.6. The van der Waals surface area contributed by atoms with Gasteiger partial charge < -0.3 is 14.8 Å². The first-order valence-electron chi connectivity index (χ1n) is 8.68. The van der Waals surface area contributed by atoms with Crippen molar-refractivity contribution >= 4 is 51.9 Å².